The molecule has 7 heteroatoms. The topological polar surface area (TPSA) is 108 Å². The number of rotatable bonds is 8. The van der Waals surface area contributed by atoms with Crippen LogP contribution in [-0.4, -0.2) is 34.8 Å². The predicted molar refractivity (Wildman–Crippen MR) is 94.2 cm³/mol. The summed E-state index contributed by atoms with van der Waals surface area (Å²) in [6.07, 6.45) is 0.274. The number of hydrogen-bond donors (Lipinski definition) is 1. The van der Waals surface area contributed by atoms with Crippen LogP contribution in [0.2, 0.25) is 0 Å². The van der Waals surface area contributed by atoms with Crippen LogP contribution in [0.1, 0.15) is 32.8 Å². The van der Waals surface area contributed by atoms with Gasteiger partial charge in [-0.05, 0) is 32.8 Å². The summed E-state index contributed by atoms with van der Waals surface area (Å²) >= 11 is 0. The lowest BCUT2D eigenvalue weighted by atomic mass is 9.96. The van der Waals surface area contributed by atoms with Gasteiger partial charge < -0.3 is 19.7 Å². The van der Waals surface area contributed by atoms with Crippen molar-refractivity contribution >= 4 is 18.0 Å². The number of carbonyl (C=O) groups is 2. The Hall–Kier alpha value is -2.83. The van der Waals surface area contributed by atoms with E-state index in [1.54, 1.807) is 45.0 Å². The second-order valence-electron chi connectivity index (χ2n) is 6.62. The van der Waals surface area contributed by atoms with Crippen molar-refractivity contribution in [3.8, 4) is 0 Å². The third-order valence-electron chi connectivity index (χ3n) is 3.22. The largest absolute Gasteiger partial charge is 0.596 e. The summed E-state index contributed by atoms with van der Waals surface area (Å²) in [4.78, 5) is 27.5. The zero-order valence-electron chi connectivity index (χ0n) is 15.2. The number of carboxylic acid groups (broad SMARTS) is 1. The Morgan fingerprint density at radius 3 is 2.42 bits per heavy atom. The summed E-state index contributed by atoms with van der Waals surface area (Å²) in [5, 5.41) is 21.4. The van der Waals surface area contributed by atoms with Gasteiger partial charge in [0, 0.05) is 6.61 Å². The molecule has 1 N–H and O–H groups in total. The Bertz CT molecular complexity index is 648. The Kier molecular flexibility index (Phi) is 7.83. The lowest BCUT2D eigenvalue weighted by Crippen LogP contribution is -2.40. The van der Waals surface area contributed by atoms with Crippen molar-refractivity contribution in [1.29, 1.82) is 0 Å². The summed E-state index contributed by atoms with van der Waals surface area (Å²) in [5.41, 5.74) is -0.110. The molecule has 0 saturated heterocycles. The highest BCUT2D eigenvalue weighted by molar-refractivity contribution is 5.86. The molecule has 26 heavy (non-hydrogen) atoms. The Morgan fingerprint density at radius 2 is 1.92 bits per heavy atom. The molecule has 142 valence electrons. The zero-order chi connectivity index (χ0) is 19.7. The highest BCUT2D eigenvalue weighted by Gasteiger charge is 2.36. The van der Waals surface area contributed by atoms with E-state index >= 15 is 0 Å². The van der Waals surface area contributed by atoms with Gasteiger partial charge in [-0.15, -0.1) is 6.58 Å². The lowest BCUT2D eigenvalue weighted by molar-refractivity contribution is -0.253. The van der Waals surface area contributed by atoms with Gasteiger partial charge in [-0.25, -0.2) is 4.79 Å². The predicted octanol–water partition coefficient (Wildman–Crippen LogP) is 1.91. The smallest absolute Gasteiger partial charge is 0.332 e. The molecule has 0 radical (unpaired) electrons. The zero-order valence-corrected chi connectivity index (χ0v) is 15.2. The van der Waals surface area contributed by atoms with Gasteiger partial charge in [0.05, 0.1) is 5.92 Å². The van der Waals surface area contributed by atoms with Crippen LogP contribution in [0.15, 0.2) is 48.0 Å². The molecule has 0 fully saturated rings. The summed E-state index contributed by atoms with van der Waals surface area (Å²) in [7, 11) is 0. The SMILES string of the molecule is C=CCC(C(=O)O)C(N=C([O-])OCc1ccccc1)C(=O)OC(C)(C)C. The highest BCUT2D eigenvalue weighted by Crippen LogP contribution is 2.19. The number of aliphatic imine (C=N–C) groups is 1. The van der Waals surface area contributed by atoms with E-state index in [1.165, 1.54) is 6.08 Å². The van der Waals surface area contributed by atoms with E-state index in [0.717, 1.165) is 5.56 Å². The molecule has 0 saturated carbocycles. The van der Waals surface area contributed by atoms with E-state index < -0.39 is 35.6 Å². The maximum atomic E-state index is 12.4. The monoisotopic (exact) mass is 362 g/mol. The van der Waals surface area contributed by atoms with Crippen LogP contribution >= 0.6 is 0 Å². The average molecular weight is 362 g/mol. The first-order valence-corrected chi connectivity index (χ1v) is 8.12. The van der Waals surface area contributed by atoms with Crippen molar-refractivity contribution in [2.75, 3.05) is 0 Å². The van der Waals surface area contributed by atoms with E-state index in [9.17, 15) is 19.8 Å². The molecule has 0 aliphatic heterocycles. The fourth-order valence-electron chi connectivity index (χ4n) is 2.08. The quantitative estimate of drug-likeness (QED) is 0.327. The molecule has 1 rings (SSSR count). The minimum absolute atomic E-state index is 0.0383. The molecule has 2 unspecified atom stereocenters. The first-order valence-electron chi connectivity index (χ1n) is 8.12. The van der Waals surface area contributed by atoms with Crippen LogP contribution in [0, 0.1) is 5.92 Å². The number of ether oxygens (including phenoxy) is 2. The molecule has 0 amide bonds. The number of hydrogen-bond acceptors (Lipinski definition) is 6. The number of aliphatic carboxylic acids is 1. The van der Waals surface area contributed by atoms with E-state index in [2.05, 4.69) is 11.6 Å². The molecule has 0 heterocycles. The molecule has 0 bridgehead atoms. The van der Waals surface area contributed by atoms with Crippen LogP contribution < -0.4 is 5.11 Å². The van der Waals surface area contributed by atoms with E-state index in [1.807, 2.05) is 6.07 Å². The van der Waals surface area contributed by atoms with Crippen LogP contribution in [0.3, 0.4) is 0 Å². The maximum absolute atomic E-state index is 12.4. The van der Waals surface area contributed by atoms with Crippen molar-refractivity contribution in [2.45, 2.75) is 45.4 Å². The molecule has 7 nitrogen and oxygen atoms in total. The van der Waals surface area contributed by atoms with E-state index in [0.29, 0.717) is 0 Å². The number of allylic oxidation sites excluding steroid dienone is 1. The first-order chi connectivity index (χ1) is 12.1. The number of carbonyl (C=O) groups excluding carboxylic acids is 1. The number of esters is 1. The van der Waals surface area contributed by atoms with Gasteiger partial charge in [0.2, 0.25) is 0 Å². The normalized spacial score (nSPS) is 14.2. The van der Waals surface area contributed by atoms with Gasteiger partial charge in [-0.2, -0.15) is 0 Å². The number of carboxylic acids is 1. The van der Waals surface area contributed by atoms with Crippen LogP contribution in [0.25, 0.3) is 0 Å². The van der Waals surface area contributed by atoms with Crippen LogP contribution in [0.5, 0.6) is 0 Å². The average Bonchev–Trinajstić information content (AvgIpc) is 2.55. The third kappa shape index (κ3) is 7.38. The van der Waals surface area contributed by atoms with Crippen molar-refractivity contribution in [3.63, 3.8) is 0 Å². The van der Waals surface area contributed by atoms with Crippen LogP contribution in [-0.2, 0) is 25.7 Å². The molecule has 2 atom stereocenters. The minimum atomic E-state index is -1.52. The highest BCUT2D eigenvalue weighted by atomic mass is 16.6. The third-order valence-corrected chi connectivity index (χ3v) is 3.22. The van der Waals surface area contributed by atoms with Gasteiger partial charge in [0.1, 0.15) is 11.7 Å². The second kappa shape index (κ2) is 9.60. The van der Waals surface area contributed by atoms with Gasteiger partial charge >= 0.3 is 11.9 Å². The standard InChI is InChI=1S/C19H25NO6/c1-5-9-14(16(21)22)15(17(23)26-19(2,3)4)20-18(24)25-12-13-10-7-6-8-11-13/h5-8,10-11,14-15H,1,9,12H2,2-4H3,(H,20,24)(H,21,22)/p-1. The van der Waals surface area contributed by atoms with Crippen molar-refractivity contribution in [2.24, 2.45) is 10.9 Å². The molecular formula is C19H24NO6-. The lowest BCUT2D eigenvalue weighted by Gasteiger charge is -2.26. The minimum Gasteiger partial charge on any atom is -0.596 e. The molecule has 1 aromatic rings. The molecule has 0 aromatic heterocycles. The van der Waals surface area contributed by atoms with Gasteiger partial charge in [-0.1, -0.05) is 36.4 Å². The first kappa shape index (κ1) is 21.2. The van der Waals surface area contributed by atoms with Crippen molar-refractivity contribution < 1.29 is 29.3 Å². The second-order valence-corrected chi connectivity index (χ2v) is 6.62. The van der Waals surface area contributed by atoms with Gasteiger partial charge in [-0.3, -0.25) is 9.79 Å². The molecule has 0 aliphatic carbocycles. The van der Waals surface area contributed by atoms with Gasteiger partial charge in [0.15, 0.2) is 6.04 Å². The summed E-state index contributed by atoms with van der Waals surface area (Å²) in [6.45, 7) is 8.36. The number of nitrogens with zero attached hydrogens (tertiary/aromatic N) is 1. The summed E-state index contributed by atoms with van der Waals surface area (Å²) < 4.78 is 10.2. The van der Waals surface area contributed by atoms with Crippen LogP contribution in [0.4, 0.5) is 0 Å². The maximum Gasteiger partial charge on any atom is 0.332 e. The fraction of sp³-hybridized carbons (Fsp3) is 0.421. The molecule has 0 spiro atoms. The number of benzene rings is 1. The Labute approximate surface area is 153 Å². The molecular weight excluding hydrogens is 338 g/mol. The van der Waals surface area contributed by atoms with E-state index in [-0.39, 0.29) is 13.0 Å². The fourth-order valence-corrected chi connectivity index (χ4v) is 2.08. The van der Waals surface area contributed by atoms with Crippen molar-refractivity contribution in [1.82, 2.24) is 0 Å². The van der Waals surface area contributed by atoms with E-state index in [4.69, 9.17) is 9.47 Å². The molecule has 0 aliphatic rings. The Balaban J connectivity index is 2.99. The van der Waals surface area contributed by atoms with Gasteiger partial charge in [0.25, 0.3) is 0 Å². The summed E-state index contributed by atoms with van der Waals surface area (Å²) in [5.74, 6) is -3.45. The van der Waals surface area contributed by atoms with Crippen molar-refractivity contribution in [3.05, 3.63) is 48.6 Å². The summed E-state index contributed by atoms with van der Waals surface area (Å²) in [6, 6.07) is 7.39. The molecule has 1 aromatic carbocycles. The Morgan fingerprint density at radius 1 is 1.31 bits per heavy atom.